The molecule has 0 aliphatic heterocycles. The van der Waals surface area contributed by atoms with Crippen LogP contribution in [0.4, 0.5) is 0 Å². The topological polar surface area (TPSA) is 64.0 Å². The molecule has 0 amide bonds. The number of hydrogen-bond acceptors (Lipinski definition) is 3. The molecule has 0 unspecified atom stereocenters. The Kier molecular flexibility index (Phi) is 3.28. The zero-order valence-corrected chi connectivity index (χ0v) is 11.4. The molecule has 1 aliphatic rings. The molecule has 5 nitrogen and oxygen atoms in total. The number of imidazole rings is 1. The molecule has 1 fully saturated rings. The Morgan fingerprint density at radius 3 is 2.89 bits per heavy atom. The molecule has 0 atom stereocenters. The van der Waals surface area contributed by atoms with Crippen molar-refractivity contribution in [2.24, 2.45) is 5.92 Å². The predicted molar refractivity (Wildman–Crippen MR) is 74.2 cm³/mol. The molecule has 1 aromatic carbocycles. The SMILES string of the molecule is O=S(=O)(CCn1cnc2ccccc21)NCC1CC1. The van der Waals surface area contributed by atoms with Gasteiger partial charge in [0.25, 0.3) is 0 Å². The molecule has 3 rings (SSSR count). The summed E-state index contributed by atoms with van der Waals surface area (Å²) in [6.07, 6.45) is 3.99. The highest BCUT2D eigenvalue weighted by Crippen LogP contribution is 2.27. The summed E-state index contributed by atoms with van der Waals surface area (Å²) in [6, 6.07) is 7.73. The van der Waals surface area contributed by atoms with Crippen molar-refractivity contribution in [3.63, 3.8) is 0 Å². The molecule has 1 saturated carbocycles. The number of para-hydroxylation sites is 2. The van der Waals surface area contributed by atoms with E-state index in [1.165, 1.54) is 0 Å². The van der Waals surface area contributed by atoms with Crippen LogP contribution >= 0.6 is 0 Å². The van der Waals surface area contributed by atoms with E-state index in [0.717, 1.165) is 23.9 Å². The minimum Gasteiger partial charge on any atom is -0.330 e. The van der Waals surface area contributed by atoms with Crippen molar-refractivity contribution < 1.29 is 8.42 Å². The molecule has 1 N–H and O–H groups in total. The lowest BCUT2D eigenvalue weighted by Gasteiger charge is -2.07. The van der Waals surface area contributed by atoms with Crippen LogP contribution in [0.25, 0.3) is 11.0 Å². The third kappa shape index (κ3) is 3.13. The normalized spacial score (nSPS) is 16.0. The Balaban J connectivity index is 1.64. The maximum absolute atomic E-state index is 11.8. The van der Waals surface area contributed by atoms with Crippen LogP contribution in [-0.4, -0.2) is 30.3 Å². The fourth-order valence-electron chi connectivity index (χ4n) is 2.05. The number of sulfonamides is 1. The molecule has 0 spiro atoms. The summed E-state index contributed by atoms with van der Waals surface area (Å²) in [5.74, 6) is 0.656. The smallest absolute Gasteiger partial charge is 0.213 e. The minimum absolute atomic E-state index is 0.0973. The zero-order valence-electron chi connectivity index (χ0n) is 10.6. The number of benzene rings is 1. The standard InChI is InChI=1S/C13H17N3O2S/c17-19(18,15-9-11-5-6-11)8-7-16-10-14-12-3-1-2-4-13(12)16/h1-4,10-11,15H,5-9H2. The monoisotopic (exact) mass is 279 g/mol. The average Bonchev–Trinajstić information content (AvgIpc) is 3.14. The predicted octanol–water partition coefficient (Wildman–Crippen LogP) is 1.37. The van der Waals surface area contributed by atoms with Gasteiger partial charge in [0.15, 0.2) is 0 Å². The van der Waals surface area contributed by atoms with E-state index in [1.54, 1.807) is 6.33 Å². The van der Waals surface area contributed by atoms with Gasteiger partial charge in [-0.1, -0.05) is 12.1 Å². The van der Waals surface area contributed by atoms with Crippen LogP contribution in [-0.2, 0) is 16.6 Å². The van der Waals surface area contributed by atoms with Crippen LogP contribution in [0.3, 0.4) is 0 Å². The zero-order chi connectivity index (χ0) is 13.3. The number of aromatic nitrogens is 2. The van der Waals surface area contributed by atoms with E-state index in [-0.39, 0.29) is 5.75 Å². The lowest BCUT2D eigenvalue weighted by Crippen LogP contribution is -2.29. The van der Waals surface area contributed by atoms with E-state index >= 15 is 0 Å². The lowest BCUT2D eigenvalue weighted by atomic mass is 10.3. The molecule has 6 heteroatoms. The van der Waals surface area contributed by atoms with E-state index < -0.39 is 10.0 Å². The number of aryl methyl sites for hydroxylation is 1. The second-order valence-corrected chi connectivity index (χ2v) is 6.96. The maximum Gasteiger partial charge on any atom is 0.213 e. The van der Waals surface area contributed by atoms with E-state index in [2.05, 4.69) is 9.71 Å². The number of rotatable bonds is 6. The summed E-state index contributed by atoms with van der Waals surface area (Å²) in [4.78, 5) is 4.25. The lowest BCUT2D eigenvalue weighted by molar-refractivity contribution is 0.571. The second kappa shape index (κ2) is 4.94. The Hall–Kier alpha value is -1.40. The highest BCUT2D eigenvalue weighted by molar-refractivity contribution is 7.89. The van der Waals surface area contributed by atoms with Crippen molar-refractivity contribution >= 4 is 21.1 Å². The fraction of sp³-hybridized carbons (Fsp3) is 0.462. The molecule has 0 saturated heterocycles. The van der Waals surface area contributed by atoms with E-state index in [0.29, 0.717) is 19.0 Å². The van der Waals surface area contributed by atoms with Crippen molar-refractivity contribution in [3.05, 3.63) is 30.6 Å². The summed E-state index contributed by atoms with van der Waals surface area (Å²) >= 11 is 0. The van der Waals surface area contributed by atoms with Crippen molar-refractivity contribution in [1.82, 2.24) is 14.3 Å². The number of fused-ring (bicyclic) bond motifs is 1. The van der Waals surface area contributed by atoms with Gasteiger partial charge in [-0.3, -0.25) is 0 Å². The van der Waals surface area contributed by atoms with Crippen LogP contribution in [0.15, 0.2) is 30.6 Å². The number of nitrogens with one attached hydrogen (secondary N) is 1. The molecule has 19 heavy (non-hydrogen) atoms. The highest BCUT2D eigenvalue weighted by atomic mass is 32.2. The van der Waals surface area contributed by atoms with Crippen molar-refractivity contribution in [2.75, 3.05) is 12.3 Å². The Morgan fingerprint density at radius 2 is 2.11 bits per heavy atom. The van der Waals surface area contributed by atoms with E-state index in [4.69, 9.17) is 0 Å². The van der Waals surface area contributed by atoms with Gasteiger partial charge in [0.2, 0.25) is 10.0 Å². The van der Waals surface area contributed by atoms with Crippen LogP contribution < -0.4 is 4.72 Å². The number of hydrogen-bond donors (Lipinski definition) is 1. The molecule has 1 aromatic heterocycles. The highest BCUT2D eigenvalue weighted by Gasteiger charge is 2.23. The van der Waals surface area contributed by atoms with Gasteiger partial charge in [0.1, 0.15) is 0 Å². The molecule has 0 radical (unpaired) electrons. The number of nitrogens with zero attached hydrogens (tertiary/aromatic N) is 2. The van der Waals surface area contributed by atoms with Gasteiger partial charge in [-0.05, 0) is 30.9 Å². The van der Waals surface area contributed by atoms with Gasteiger partial charge >= 0.3 is 0 Å². The first-order valence-corrected chi connectivity index (χ1v) is 8.16. The summed E-state index contributed by atoms with van der Waals surface area (Å²) in [5, 5.41) is 0. The molecule has 1 aliphatic carbocycles. The van der Waals surface area contributed by atoms with Gasteiger partial charge in [-0.15, -0.1) is 0 Å². The van der Waals surface area contributed by atoms with Crippen LogP contribution in [0.1, 0.15) is 12.8 Å². The molecule has 1 heterocycles. The first-order valence-electron chi connectivity index (χ1n) is 6.51. The summed E-state index contributed by atoms with van der Waals surface area (Å²) in [6.45, 7) is 1.02. The third-order valence-electron chi connectivity index (χ3n) is 3.42. The van der Waals surface area contributed by atoms with Crippen molar-refractivity contribution in [2.45, 2.75) is 19.4 Å². The second-order valence-electron chi connectivity index (χ2n) is 5.04. The van der Waals surface area contributed by atoms with E-state index in [9.17, 15) is 8.42 Å². The summed E-state index contributed by atoms with van der Waals surface area (Å²) < 4.78 is 28.2. The van der Waals surface area contributed by atoms with Gasteiger partial charge in [0.05, 0.1) is 23.1 Å². The van der Waals surface area contributed by atoms with Gasteiger partial charge in [-0.2, -0.15) is 0 Å². The van der Waals surface area contributed by atoms with Crippen LogP contribution in [0.2, 0.25) is 0 Å². The van der Waals surface area contributed by atoms with Crippen LogP contribution in [0.5, 0.6) is 0 Å². The Labute approximate surface area is 112 Å². The van der Waals surface area contributed by atoms with Gasteiger partial charge < -0.3 is 4.57 Å². The van der Waals surface area contributed by atoms with Gasteiger partial charge in [0, 0.05) is 13.1 Å². The molecule has 2 aromatic rings. The third-order valence-corrected chi connectivity index (χ3v) is 4.74. The fourth-order valence-corrected chi connectivity index (χ4v) is 3.12. The quantitative estimate of drug-likeness (QED) is 0.868. The molecule has 0 bridgehead atoms. The maximum atomic E-state index is 11.8. The first-order chi connectivity index (χ1) is 9.14. The first kappa shape index (κ1) is 12.6. The average molecular weight is 279 g/mol. The van der Waals surface area contributed by atoms with Crippen LogP contribution in [0, 0.1) is 5.92 Å². The largest absolute Gasteiger partial charge is 0.330 e. The molecule has 102 valence electrons. The van der Waals surface area contributed by atoms with Crippen molar-refractivity contribution in [1.29, 1.82) is 0 Å². The Morgan fingerprint density at radius 1 is 1.32 bits per heavy atom. The summed E-state index contributed by atoms with van der Waals surface area (Å²) in [5.41, 5.74) is 1.87. The Bertz CT molecular complexity index is 674. The van der Waals surface area contributed by atoms with Crippen molar-refractivity contribution in [3.8, 4) is 0 Å². The van der Waals surface area contributed by atoms with E-state index in [1.807, 2.05) is 28.8 Å². The summed E-state index contributed by atoms with van der Waals surface area (Å²) in [7, 11) is -3.18. The molecular formula is C13H17N3O2S. The minimum atomic E-state index is -3.18. The van der Waals surface area contributed by atoms with Gasteiger partial charge in [-0.25, -0.2) is 18.1 Å². The molecular weight excluding hydrogens is 262 g/mol.